The van der Waals surface area contributed by atoms with Gasteiger partial charge in [-0.1, -0.05) is 18.2 Å². The molecule has 4 rings (SSSR count). The third-order valence-corrected chi connectivity index (χ3v) is 5.21. The molecule has 0 saturated heterocycles. The van der Waals surface area contributed by atoms with Crippen molar-refractivity contribution in [3.05, 3.63) is 59.4 Å². The molecular weight excluding hydrogens is 340 g/mol. The van der Waals surface area contributed by atoms with Crippen molar-refractivity contribution in [2.24, 2.45) is 13.0 Å². The van der Waals surface area contributed by atoms with Crippen LogP contribution in [0.2, 0.25) is 0 Å². The summed E-state index contributed by atoms with van der Waals surface area (Å²) < 4.78 is 3.65. The largest absolute Gasteiger partial charge is 0.346 e. The lowest BCUT2D eigenvalue weighted by atomic mass is 10.1. The fourth-order valence-electron chi connectivity index (χ4n) is 3.55. The van der Waals surface area contributed by atoms with Crippen molar-refractivity contribution in [1.29, 1.82) is 0 Å². The van der Waals surface area contributed by atoms with Gasteiger partial charge in [0.2, 0.25) is 5.91 Å². The first kappa shape index (κ1) is 17.5. The molecule has 0 radical (unpaired) electrons. The van der Waals surface area contributed by atoms with E-state index in [1.807, 2.05) is 55.9 Å². The predicted molar refractivity (Wildman–Crippen MR) is 101 cm³/mol. The van der Waals surface area contributed by atoms with Crippen LogP contribution in [0.25, 0.3) is 5.69 Å². The van der Waals surface area contributed by atoms with Gasteiger partial charge in [-0.25, -0.2) is 9.67 Å². The van der Waals surface area contributed by atoms with Crippen LogP contribution in [-0.2, 0) is 18.3 Å². The summed E-state index contributed by atoms with van der Waals surface area (Å²) in [7, 11) is 1.86. The number of benzene rings is 1. The van der Waals surface area contributed by atoms with Crippen LogP contribution >= 0.6 is 0 Å². The van der Waals surface area contributed by atoms with Crippen LogP contribution in [0.5, 0.6) is 0 Å². The van der Waals surface area contributed by atoms with E-state index in [1.54, 1.807) is 4.68 Å². The quantitative estimate of drug-likeness (QED) is 0.729. The summed E-state index contributed by atoms with van der Waals surface area (Å²) in [4.78, 5) is 17.1. The van der Waals surface area contributed by atoms with Gasteiger partial charge < -0.3 is 5.32 Å². The second kappa shape index (κ2) is 6.98. The van der Waals surface area contributed by atoms with E-state index < -0.39 is 0 Å². The minimum atomic E-state index is -0.0743. The van der Waals surface area contributed by atoms with E-state index in [4.69, 9.17) is 0 Å². The molecule has 1 aliphatic carbocycles. The SMILES string of the molecule is Cc1nn(-c2ccccc2)c(C)c1CC(=O)N[C@@H](c1ncnn1C)C1CC1. The van der Waals surface area contributed by atoms with Crippen LogP contribution < -0.4 is 5.32 Å². The summed E-state index contributed by atoms with van der Waals surface area (Å²) >= 11 is 0. The zero-order valence-electron chi connectivity index (χ0n) is 15.9. The lowest BCUT2D eigenvalue weighted by Crippen LogP contribution is -2.33. The van der Waals surface area contributed by atoms with Crippen molar-refractivity contribution in [1.82, 2.24) is 29.9 Å². The van der Waals surface area contributed by atoms with E-state index in [1.165, 1.54) is 6.33 Å². The van der Waals surface area contributed by atoms with Gasteiger partial charge in [0.25, 0.3) is 0 Å². The van der Waals surface area contributed by atoms with Gasteiger partial charge in [-0.05, 0) is 44.7 Å². The van der Waals surface area contributed by atoms with Crippen molar-refractivity contribution in [3.63, 3.8) is 0 Å². The third-order valence-electron chi connectivity index (χ3n) is 5.21. The lowest BCUT2D eigenvalue weighted by Gasteiger charge is -2.17. The topological polar surface area (TPSA) is 77.6 Å². The first-order chi connectivity index (χ1) is 13.0. The molecule has 0 aliphatic heterocycles. The summed E-state index contributed by atoms with van der Waals surface area (Å²) in [5.74, 6) is 1.26. The summed E-state index contributed by atoms with van der Waals surface area (Å²) in [6, 6.07) is 9.91. The van der Waals surface area contributed by atoms with Gasteiger partial charge in [0.05, 0.1) is 23.8 Å². The molecule has 0 unspecified atom stereocenters. The number of amides is 1. The van der Waals surface area contributed by atoms with Crippen molar-refractivity contribution in [3.8, 4) is 5.69 Å². The zero-order chi connectivity index (χ0) is 19.0. The minimum Gasteiger partial charge on any atom is -0.346 e. The summed E-state index contributed by atoms with van der Waals surface area (Å²) in [6.45, 7) is 3.97. The molecule has 2 heterocycles. The average molecular weight is 364 g/mol. The summed E-state index contributed by atoms with van der Waals surface area (Å²) in [6.07, 6.45) is 4.07. The van der Waals surface area contributed by atoms with E-state index in [0.29, 0.717) is 12.3 Å². The first-order valence-electron chi connectivity index (χ1n) is 9.28. The maximum atomic E-state index is 12.8. The fraction of sp³-hybridized carbons (Fsp3) is 0.400. The molecule has 3 aromatic rings. The second-order valence-corrected chi connectivity index (χ2v) is 7.20. The zero-order valence-corrected chi connectivity index (χ0v) is 15.9. The molecule has 0 bridgehead atoms. The number of carbonyl (C=O) groups excluding carboxylic acids is 1. The van der Waals surface area contributed by atoms with Crippen molar-refractivity contribution in [2.75, 3.05) is 0 Å². The normalized spacial score (nSPS) is 14.9. The first-order valence-corrected chi connectivity index (χ1v) is 9.28. The number of para-hydroxylation sites is 1. The Bertz CT molecular complexity index is 954. The van der Waals surface area contributed by atoms with Gasteiger partial charge in [0.1, 0.15) is 12.2 Å². The van der Waals surface area contributed by atoms with Gasteiger partial charge in [0.15, 0.2) is 0 Å². The van der Waals surface area contributed by atoms with E-state index in [0.717, 1.165) is 41.3 Å². The monoisotopic (exact) mass is 364 g/mol. The van der Waals surface area contributed by atoms with Crippen LogP contribution in [0.15, 0.2) is 36.7 Å². The molecule has 1 fully saturated rings. The van der Waals surface area contributed by atoms with Crippen molar-refractivity contribution >= 4 is 5.91 Å². The maximum absolute atomic E-state index is 12.8. The Labute approximate surface area is 158 Å². The standard InChI is InChI=1S/C20H24N6O/c1-13-17(14(2)26(24-13)16-7-5-4-6-8-16)11-18(27)23-19(15-9-10-15)20-21-12-22-25(20)3/h4-8,12,15,19H,9-11H2,1-3H3,(H,23,27)/t19-/m1/s1. The molecule has 0 spiro atoms. The van der Waals surface area contributed by atoms with E-state index in [9.17, 15) is 4.79 Å². The number of hydrogen-bond acceptors (Lipinski definition) is 4. The smallest absolute Gasteiger partial charge is 0.225 e. The van der Waals surface area contributed by atoms with Crippen LogP contribution in [0.3, 0.4) is 0 Å². The third kappa shape index (κ3) is 3.49. The number of rotatable bonds is 6. The van der Waals surface area contributed by atoms with Crippen LogP contribution in [0.4, 0.5) is 0 Å². The van der Waals surface area contributed by atoms with Crippen molar-refractivity contribution < 1.29 is 4.79 Å². The number of nitrogens with zero attached hydrogens (tertiary/aromatic N) is 5. The molecule has 1 amide bonds. The van der Waals surface area contributed by atoms with Crippen LogP contribution in [0, 0.1) is 19.8 Å². The Morgan fingerprint density at radius 3 is 2.63 bits per heavy atom. The lowest BCUT2D eigenvalue weighted by molar-refractivity contribution is -0.121. The molecular formula is C20H24N6O. The number of aromatic nitrogens is 5. The fourth-order valence-corrected chi connectivity index (χ4v) is 3.55. The van der Waals surface area contributed by atoms with Crippen molar-refractivity contribution in [2.45, 2.75) is 39.2 Å². The van der Waals surface area contributed by atoms with E-state index >= 15 is 0 Å². The maximum Gasteiger partial charge on any atom is 0.225 e. The molecule has 1 saturated carbocycles. The molecule has 1 aliphatic rings. The number of nitrogens with one attached hydrogen (secondary N) is 1. The molecule has 7 nitrogen and oxygen atoms in total. The van der Waals surface area contributed by atoms with Crippen LogP contribution in [0.1, 0.15) is 41.7 Å². The van der Waals surface area contributed by atoms with Gasteiger partial charge in [-0.3, -0.25) is 9.48 Å². The predicted octanol–water partition coefficient (Wildman–Crippen LogP) is 2.43. The summed E-state index contributed by atoms with van der Waals surface area (Å²) in [5, 5.41) is 12.0. The number of aryl methyl sites for hydroxylation is 2. The Morgan fingerprint density at radius 2 is 2.00 bits per heavy atom. The molecule has 7 heteroatoms. The number of carbonyl (C=O) groups is 1. The van der Waals surface area contributed by atoms with E-state index in [-0.39, 0.29) is 11.9 Å². The Morgan fingerprint density at radius 1 is 1.26 bits per heavy atom. The van der Waals surface area contributed by atoms with Gasteiger partial charge in [0, 0.05) is 18.3 Å². The number of hydrogen-bond donors (Lipinski definition) is 1. The average Bonchev–Trinajstić information content (AvgIpc) is 3.37. The molecule has 27 heavy (non-hydrogen) atoms. The van der Waals surface area contributed by atoms with Gasteiger partial charge in [-0.15, -0.1) is 0 Å². The van der Waals surface area contributed by atoms with Gasteiger partial charge >= 0.3 is 0 Å². The minimum absolute atomic E-state index is 0.00582. The van der Waals surface area contributed by atoms with E-state index in [2.05, 4.69) is 20.5 Å². The molecule has 1 aromatic carbocycles. The highest BCUT2D eigenvalue weighted by atomic mass is 16.1. The molecule has 1 atom stereocenters. The van der Waals surface area contributed by atoms with Gasteiger partial charge in [-0.2, -0.15) is 10.2 Å². The highest BCUT2D eigenvalue weighted by Gasteiger charge is 2.36. The highest BCUT2D eigenvalue weighted by Crippen LogP contribution is 2.40. The molecule has 140 valence electrons. The molecule has 2 aromatic heterocycles. The second-order valence-electron chi connectivity index (χ2n) is 7.20. The van der Waals surface area contributed by atoms with Crippen LogP contribution in [-0.4, -0.2) is 30.5 Å². The Kier molecular flexibility index (Phi) is 4.51. The Hall–Kier alpha value is -2.96. The molecule has 1 N–H and O–H groups in total. The summed E-state index contributed by atoms with van der Waals surface area (Å²) in [5.41, 5.74) is 3.85. The highest BCUT2D eigenvalue weighted by molar-refractivity contribution is 5.79. The Balaban J connectivity index is 1.53.